The van der Waals surface area contributed by atoms with Crippen molar-refractivity contribution in [1.29, 1.82) is 0 Å². The predicted molar refractivity (Wildman–Crippen MR) is 176 cm³/mol. The molecule has 2 heterocycles. The van der Waals surface area contributed by atoms with Crippen LogP contribution in [0.15, 0.2) is 86.2 Å². The van der Waals surface area contributed by atoms with Gasteiger partial charge in [0.25, 0.3) is 5.56 Å². The van der Waals surface area contributed by atoms with Crippen LogP contribution >= 0.6 is 61.5 Å². The van der Waals surface area contributed by atoms with Crippen LogP contribution < -0.4 is 24.4 Å². The number of rotatable bonds is 8. The maximum absolute atomic E-state index is 14.3. The van der Waals surface area contributed by atoms with Crippen molar-refractivity contribution in [2.75, 3.05) is 13.7 Å². The van der Waals surface area contributed by atoms with Crippen molar-refractivity contribution in [3.63, 3.8) is 0 Å². The van der Waals surface area contributed by atoms with E-state index in [2.05, 4.69) is 43.5 Å². The zero-order valence-corrected chi connectivity index (χ0v) is 28.8. The first-order valence-electron chi connectivity index (χ1n) is 13.2. The number of halogens is 6. The normalized spacial score (nSPS) is 15.0. The average molecular weight is 834 g/mol. The predicted octanol–water partition coefficient (Wildman–Crippen LogP) is 6.95. The van der Waals surface area contributed by atoms with E-state index in [-0.39, 0.29) is 28.1 Å². The monoisotopic (exact) mass is 832 g/mol. The van der Waals surface area contributed by atoms with Gasteiger partial charge in [-0.1, -0.05) is 63.1 Å². The topological polar surface area (TPSA) is 79.1 Å². The van der Waals surface area contributed by atoms with E-state index in [1.807, 2.05) is 24.3 Å². The highest BCUT2D eigenvalue weighted by Crippen LogP contribution is 2.39. The van der Waals surface area contributed by atoms with Crippen LogP contribution in [0.25, 0.3) is 6.08 Å². The van der Waals surface area contributed by atoms with Crippen LogP contribution in [0, 0.1) is 3.57 Å². The minimum Gasteiger partial charge on any atom is -0.493 e. The summed E-state index contributed by atoms with van der Waals surface area (Å²) >= 11 is 12.3. The standard InChI is InChI=1S/C31H22BrClF3IN2O5S/c1-3-43-29(41)24-25(18-6-10-20(33)11-7-18)39-28(40)23(45-30(39)38-27(24)31(34,35)36)14-17-12-21(37)26(22(13-17)42-2)44-15-16-4-8-19(32)9-5-16/h4-14,25H,3,15H2,1-2H3/b23-14-/t25-/m0/s1. The first-order chi connectivity index (χ1) is 21.4. The molecule has 0 radical (unpaired) electrons. The van der Waals surface area contributed by atoms with Gasteiger partial charge in [-0.25, -0.2) is 9.79 Å². The number of nitrogens with zero attached hydrogens (tertiary/aromatic N) is 2. The minimum absolute atomic E-state index is 0.0979. The fourth-order valence-corrected chi connectivity index (χ4v) is 6.82. The van der Waals surface area contributed by atoms with Gasteiger partial charge in [0.05, 0.1) is 33.4 Å². The molecule has 0 bridgehead atoms. The smallest absolute Gasteiger partial charge is 0.434 e. The van der Waals surface area contributed by atoms with E-state index in [9.17, 15) is 22.8 Å². The first kappa shape index (κ1) is 33.2. The Labute approximate surface area is 285 Å². The molecule has 45 heavy (non-hydrogen) atoms. The second kappa shape index (κ2) is 13.7. The lowest BCUT2D eigenvalue weighted by Gasteiger charge is -2.26. The number of aromatic nitrogens is 1. The molecule has 234 valence electrons. The SMILES string of the molecule is CCOC(=O)C1=C(C(F)(F)F)N=c2s/c(=C\c3cc(I)c(OCc4ccc(Br)cc4)c(OC)c3)c(=O)n2[C@H]1c1ccc(Cl)cc1. The van der Waals surface area contributed by atoms with Crippen LogP contribution in [0.3, 0.4) is 0 Å². The maximum atomic E-state index is 14.3. The third-order valence-electron chi connectivity index (χ3n) is 6.63. The summed E-state index contributed by atoms with van der Waals surface area (Å²) < 4.78 is 62.5. The van der Waals surface area contributed by atoms with Crippen molar-refractivity contribution in [3.05, 3.63) is 121 Å². The summed E-state index contributed by atoms with van der Waals surface area (Å²) in [7, 11) is 1.48. The number of carbonyl (C=O) groups excluding carboxylic acids is 1. The number of carbonyl (C=O) groups is 1. The number of thiazole rings is 1. The summed E-state index contributed by atoms with van der Waals surface area (Å²) in [5.74, 6) is -0.321. The highest BCUT2D eigenvalue weighted by Gasteiger charge is 2.45. The number of hydrogen-bond donors (Lipinski definition) is 0. The Kier molecular flexibility index (Phi) is 10.1. The fraction of sp³-hybridized carbons (Fsp3) is 0.194. The highest BCUT2D eigenvalue weighted by atomic mass is 127. The Balaban J connectivity index is 1.63. The van der Waals surface area contributed by atoms with Crippen molar-refractivity contribution in [2.45, 2.75) is 25.7 Å². The molecule has 1 aromatic heterocycles. The van der Waals surface area contributed by atoms with E-state index < -0.39 is 35.0 Å². The molecule has 7 nitrogen and oxygen atoms in total. The number of allylic oxidation sites excluding steroid dienone is 1. The number of fused-ring (bicyclic) bond motifs is 1. The summed E-state index contributed by atoms with van der Waals surface area (Å²) in [5, 5.41) is 0.330. The van der Waals surface area contributed by atoms with Gasteiger partial charge in [-0.15, -0.1) is 0 Å². The van der Waals surface area contributed by atoms with E-state index in [0.29, 0.717) is 25.7 Å². The quantitative estimate of drug-likeness (QED) is 0.142. The van der Waals surface area contributed by atoms with Crippen LogP contribution in [0.2, 0.25) is 5.02 Å². The second-order valence-electron chi connectivity index (χ2n) is 9.56. The molecule has 14 heteroatoms. The van der Waals surface area contributed by atoms with Gasteiger partial charge in [0.15, 0.2) is 22.0 Å². The van der Waals surface area contributed by atoms with Crippen LogP contribution in [0.4, 0.5) is 13.2 Å². The van der Waals surface area contributed by atoms with E-state index in [4.69, 9.17) is 25.8 Å². The molecule has 0 saturated heterocycles. The molecular formula is C31H22BrClF3IN2O5S. The van der Waals surface area contributed by atoms with Crippen LogP contribution in [-0.2, 0) is 16.1 Å². The van der Waals surface area contributed by atoms with Crippen LogP contribution in [-0.4, -0.2) is 30.4 Å². The number of alkyl halides is 3. The average Bonchev–Trinajstić information content (AvgIpc) is 3.30. The third-order valence-corrected chi connectivity index (χ3v) is 9.19. The minimum atomic E-state index is -5.00. The molecule has 1 atom stereocenters. The van der Waals surface area contributed by atoms with Gasteiger partial charge >= 0.3 is 12.1 Å². The summed E-state index contributed by atoms with van der Waals surface area (Å²) in [6.07, 6.45) is -3.47. The Hall–Kier alpha value is -3.14. The number of benzene rings is 3. The molecule has 0 N–H and O–H groups in total. The van der Waals surface area contributed by atoms with Crippen LogP contribution in [0.5, 0.6) is 11.5 Å². The van der Waals surface area contributed by atoms with Crippen molar-refractivity contribution in [1.82, 2.24) is 4.57 Å². The lowest BCUT2D eigenvalue weighted by Crippen LogP contribution is -2.41. The molecule has 4 aromatic rings. The summed E-state index contributed by atoms with van der Waals surface area (Å²) in [6, 6.07) is 15.5. The zero-order chi connectivity index (χ0) is 32.5. The second-order valence-corrected chi connectivity index (χ2v) is 13.1. The number of hydrogen-bond acceptors (Lipinski definition) is 7. The third kappa shape index (κ3) is 7.16. The van der Waals surface area contributed by atoms with E-state index in [1.54, 1.807) is 12.1 Å². The van der Waals surface area contributed by atoms with Gasteiger partial charge in [-0.05, 0) is 88.7 Å². The number of ether oxygens (including phenoxy) is 3. The van der Waals surface area contributed by atoms with Crippen LogP contribution in [0.1, 0.15) is 29.7 Å². The summed E-state index contributed by atoms with van der Waals surface area (Å²) in [6.45, 7) is 1.59. The van der Waals surface area contributed by atoms with Gasteiger partial charge in [0.2, 0.25) is 0 Å². The first-order valence-corrected chi connectivity index (χ1v) is 16.3. The van der Waals surface area contributed by atoms with Gasteiger partial charge in [-0.3, -0.25) is 9.36 Å². The number of esters is 1. The zero-order valence-electron chi connectivity index (χ0n) is 23.5. The molecule has 0 saturated carbocycles. The molecule has 0 unspecified atom stereocenters. The van der Waals surface area contributed by atoms with Gasteiger partial charge < -0.3 is 14.2 Å². The molecule has 0 fully saturated rings. The highest BCUT2D eigenvalue weighted by molar-refractivity contribution is 14.1. The molecule has 1 aliphatic rings. The Morgan fingerprint density at radius 1 is 1.16 bits per heavy atom. The van der Waals surface area contributed by atoms with Gasteiger partial charge in [-0.2, -0.15) is 13.2 Å². The van der Waals surface area contributed by atoms with Gasteiger partial charge in [0.1, 0.15) is 6.61 Å². The molecule has 3 aromatic carbocycles. The Bertz CT molecular complexity index is 1980. The molecule has 0 aliphatic carbocycles. The Morgan fingerprint density at radius 3 is 2.47 bits per heavy atom. The van der Waals surface area contributed by atoms with Gasteiger partial charge in [0, 0.05) is 9.50 Å². The van der Waals surface area contributed by atoms with Crippen molar-refractivity contribution < 1.29 is 32.2 Å². The molecule has 1 aliphatic heterocycles. The summed E-state index contributed by atoms with van der Waals surface area (Å²) in [5.41, 5.74) is -1.12. The van der Waals surface area contributed by atoms with E-state index >= 15 is 0 Å². The van der Waals surface area contributed by atoms with Crippen molar-refractivity contribution in [2.24, 2.45) is 4.99 Å². The van der Waals surface area contributed by atoms with E-state index in [1.165, 1.54) is 44.4 Å². The largest absolute Gasteiger partial charge is 0.493 e. The fourth-order valence-electron chi connectivity index (χ4n) is 4.65. The molecular weight excluding hydrogens is 812 g/mol. The Morgan fingerprint density at radius 2 is 1.84 bits per heavy atom. The lowest BCUT2D eigenvalue weighted by atomic mass is 9.95. The molecule has 0 amide bonds. The number of methoxy groups -OCH3 is 1. The molecule has 0 spiro atoms. The lowest BCUT2D eigenvalue weighted by molar-refractivity contribution is -0.140. The van der Waals surface area contributed by atoms with Crippen molar-refractivity contribution in [3.8, 4) is 11.5 Å². The molecule has 5 rings (SSSR count). The summed E-state index contributed by atoms with van der Waals surface area (Å²) in [4.78, 5) is 30.5. The van der Waals surface area contributed by atoms with Crippen molar-refractivity contribution >= 4 is 73.5 Å². The maximum Gasteiger partial charge on any atom is 0.434 e. The van der Waals surface area contributed by atoms with E-state index in [0.717, 1.165) is 25.9 Å².